The number of hydrogen-bond donors (Lipinski definition) is 0. The van der Waals surface area contributed by atoms with E-state index in [4.69, 9.17) is 4.74 Å². The van der Waals surface area contributed by atoms with Crippen LogP contribution in [0.3, 0.4) is 0 Å². The Bertz CT molecular complexity index is 475. The lowest BCUT2D eigenvalue weighted by molar-refractivity contribution is -0.135. The summed E-state index contributed by atoms with van der Waals surface area (Å²) in [4.78, 5) is 25.9. The monoisotopic (exact) mass is 289 g/mol. The van der Waals surface area contributed by atoms with Gasteiger partial charge in [0.25, 0.3) is 0 Å². The molecule has 1 aliphatic rings. The maximum absolute atomic E-state index is 12.1. The summed E-state index contributed by atoms with van der Waals surface area (Å²) in [6.45, 7) is 4.60. The number of rotatable bonds is 6. The Morgan fingerprint density at radius 1 is 1.10 bits per heavy atom. The van der Waals surface area contributed by atoms with Gasteiger partial charge in [0, 0.05) is 31.5 Å². The van der Waals surface area contributed by atoms with E-state index in [1.807, 2.05) is 24.3 Å². The van der Waals surface area contributed by atoms with Crippen LogP contribution in [0, 0.1) is 0 Å². The van der Waals surface area contributed by atoms with Crippen LogP contribution in [0.1, 0.15) is 42.1 Å². The molecule has 0 aromatic heterocycles. The van der Waals surface area contributed by atoms with Gasteiger partial charge in [0.2, 0.25) is 5.91 Å². The van der Waals surface area contributed by atoms with Crippen molar-refractivity contribution in [2.75, 3.05) is 26.3 Å². The van der Waals surface area contributed by atoms with Crippen LogP contribution in [0.4, 0.5) is 0 Å². The van der Waals surface area contributed by atoms with Crippen LogP contribution < -0.4 is 0 Å². The number of carbonyl (C=O) groups is 2. The van der Waals surface area contributed by atoms with E-state index in [9.17, 15) is 9.59 Å². The number of amides is 1. The van der Waals surface area contributed by atoms with E-state index in [-0.39, 0.29) is 24.5 Å². The van der Waals surface area contributed by atoms with Crippen LogP contribution in [0.15, 0.2) is 24.3 Å². The molecular weight excluding hydrogens is 266 g/mol. The van der Waals surface area contributed by atoms with Gasteiger partial charge in [0.05, 0.1) is 13.2 Å². The van der Waals surface area contributed by atoms with Crippen molar-refractivity contribution >= 4 is 11.7 Å². The van der Waals surface area contributed by atoms with Crippen LogP contribution in [0.5, 0.6) is 0 Å². The molecule has 21 heavy (non-hydrogen) atoms. The average molecular weight is 289 g/mol. The Kier molecular flexibility index (Phi) is 5.93. The molecule has 1 heterocycles. The fourth-order valence-corrected chi connectivity index (χ4v) is 2.48. The summed E-state index contributed by atoms with van der Waals surface area (Å²) in [5.74, 6) is 0.0916. The molecule has 1 saturated heterocycles. The SMILES string of the molecule is CCCc1ccc(C(=O)CCC(=O)N2CCOCC2)cc1. The summed E-state index contributed by atoms with van der Waals surface area (Å²) >= 11 is 0. The van der Waals surface area contributed by atoms with Crippen LogP contribution in [-0.2, 0) is 16.0 Å². The summed E-state index contributed by atoms with van der Waals surface area (Å²) in [6, 6.07) is 7.74. The van der Waals surface area contributed by atoms with E-state index < -0.39 is 0 Å². The fraction of sp³-hybridized carbons (Fsp3) is 0.529. The van der Waals surface area contributed by atoms with Crippen molar-refractivity contribution < 1.29 is 14.3 Å². The largest absolute Gasteiger partial charge is 0.378 e. The minimum Gasteiger partial charge on any atom is -0.378 e. The second-order valence-corrected chi connectivity index (χ2v) is 5.36. The smallest absolute Gasteiger partial charge is 0.223 e. The third-order valence-corrected chi connectivity index (χ3v) is 3.74. The van der Waals surface area contributed by atoms with Crippen molar-refractivity contribution in [1.29, 1.82) is 0 Å². The average Bonchev–Trinajstić information content (AvgIpc) is 2.54. The predicted octanol–water partition coefficient (Wildman–Crippen LogP) is 2.46. The molecule has 1 fully saturated rings. The van der Waals surface area contributed by atoms with Crippen LogP contribution in [0.2, 0.25) is 0 Å². The number of ketones is 1. The zero-order chi connectivity index (χ0) is 15.1. The van der Waals surface area contributed by atoms with Gasteiger partial charge in [0.15, 0.2) is 5.78 Å². The molecule has 0 aliphatic carbocycles. The molecule has 0 saturated carbocycles. The molecule has 1 aromatic rings. The second-order valence-electron chi connectivity index (χ2n) is 5.36. The Hall–Kier alpha value is -1.68. The summed E-state index contributed by atoms with van der Waals surface area (Å²) in [7, 11) is 0. The van der Waals surface area contributed by atoms with E-state index in [2.05, 4.69) is 6.92 Å². The maximum Gasteiger partial charge on any atom is 0.223 e. The van der Waals surface area contributed by atoms with Crippen molar-refractivity contribution in [2.24, 2.45) is 0 Å². The Labute approximate surface area is 126 Å². The minimum atomic E-state index is 0.0413. The number of carbonyl (C=O) groups excluding carboxylic acids is 2. The number of ether oxygens (including phenoxy) is 1. The molecule has 4 nitrogen and oxygen atoms in total. The molecule has 2 rings (SSSR count). The zero-order valence-corrected chi connectivity index (χ0v) is 12.6. The molecular formula is C17H23NO3. The van der Waals surface area contributed by atoms with Gasteiger partial charge >= 0.3 is 0 Å². The third kappa shape index (κ3) is 4.67. The molecule has 0 atom stereocenters. The highest BCUT2D eigenvalue weighted by Gasteiger charge is 2.18. The van der Waals surface area contributed by atoms with Gasteiger partial charge in [-0.15, -0.1) is 0 Å². The lowest BCUT2D eigenvalue weighted by Gasteiger charge is -2.26. The summed E-state index contributed by atoms with van der Waals surface area (Å²) in [6.07, 6.45) is 2.70. The lowest BCUT2D eigenvalue weighted by atomic mass is 10.0. The summed E-state index contributed by atoms with van der Waals surface area (Å²) in [5, 5.41) is 0. The molecule has 1 amide bonds. The molecule has 1 aromatic carbocycles. The first-order valence-corrected chi connectivity index (χ1v) is 7.68. The van der Waals surface area contributed by atoms with Gasteiger partial charge in [-0.2, -0.15) is 0 Å². The van der Waals surface area contributed by atoms with Gasteiger partial charge in [-0.05, 0) is 12.0 Å². The van der Waals surface area contributed by atoms with Gasteiger partial charge < -0.3 is 9.64 Å². The van der Waals surface area contributed by atoms with E-state index in [0.717, 1.165) is 12.8 Å². The standard InChI is InChI=1S/C17H23NO3/c1-2-3-14-4-6-15(7-5-14)16(19)8-9-17(20)18-10-12-21-13-11-18/h4-7H,2-3,8-13H2,1H3. The highest BCUT2D eigenvalue weighted by molar-refractivity contribution is 5.97. The second kappa shape index (κ2) is 7.93. The Morgan fingerprint density at radius 3 is 2.38 bits per heavy atom. The van der Waals surface area contributed by atoms with Crippen LogP contribution in [0.25, 0.3) is 0 Å². The Balaban J connectivity index is 1.82. The van der Waals surface area contributed by atoms with E-state index in [1.54, 1.807) is 4.90 Å². The highest BCUT2D eigenvalue weighted by Crippen LogP contribution is 2.11. The first kappa shape index (κ1) is 15.7. The van der Waals surface area contributed by atoms with Crippen LogP contribution in [-0.4, -0.2) is 42.9 Å². The summed E-state index contributed by atoms with van der Waals surface area (Å²) < 4.78 is 5.21. The molecule has 114 valence electrons. The van der Waals surface area contributed by atoms with Crippen molar-refractivity contribution in [3.8, 4) is 0 Å². The maximum atomic E-state index is 12.1. The van der Waals surface area contributed by atoms with Gasteiger partial charge in [0.1, 0.15) is 0 Å². The molecule has 0 N–H and O–H groups in total. The predicted molar refractivity (Wildman–Crippen MR) is 81.4 cm³/mol. The molecule has 0 bridgehead atoms. The number of benzene rings is 1. The number of hydrogen-bond acceptors (Lipinski definition) is 3. The third-order valence-electron chi connectivity index (χ3n) is 3.74. The van der Waals surface area contributed by atoms with E-state index in [0.29, 0.717) is 31.9 Å². The van der Waals surface area contributed by atoms with Crippen molar-refractivity contribution in [2.45, 2.75) is 32.6 Å². The Morgan fingerprint density at radius 2 is 1.76 bits per heavy atom. The molecule has 4 heteroatoms. The number of morpholine rings is 1. The number of nitrogens with zero attached hydrogens (tertiary/aromatic N) is 1. The lowest BCUT2D eigenvalue weighted by Crippen LogP contribution is -2.40. The number of Topliss-reactive ketones (excluding diaryl/α,β-unsaturated/α-hetero) is 1. The first-order chi connectivity index (χ1) is 10.2. The van der Waals surface area contributed by atoms with Crippen LogP contribution >= 0.6 is 0 Å². The summed E-state index contributed by atoms with van der Waals surface area (Å²) in [5.41, 5.74) is 1.95. The molecule has 1 aliphatic heterocycles. The van der Waals surface area contributed by atoms with E-state index in [1.165, 1.54) is 5.56 Å². The molecule has 0 radical (unpaired) electrons. The highest BCUT2D eigenvalue weighted by atomic mass is 16.5. The van der Waals surface area contributed by atoms with Gasteiger partial charge in [-0.1, -0.05) is 37.6 Å². The van der Waals surface area contributed by atoms with Crippen molar-refractivity contribution in [3.05, 3.63) is 35.4 Å². The fourth-order valence-electron chi connectivity index (χ4n) is 2.48. The molecule has 0 spiro atoms. The zero-order valence-electron chi connectivity index (χ0n) is 12.6. The van der Waals surface area contributed by atoms with Gasteiger partial charge in [-0.25, -0.2) is 0 Å². The first-order valence-electron chi connectivity index (χ1n) is 7.68. The quantitative estimate of drug-likeness (QED) is 0.756. The topological polar surface area (TPSA) is 46.6 Å². The van der Waals surface area contributed by atoms with Crippen molar-refractivity contribution in [3.63, 3.8) is 0 Å². The van der Waals surface area contributed by atoms with Gasteiger partial charge in [-0.3, -0.25) is 9.59 Å². The minimum absolute atomic E-state index is 0.0413. The normalized spacial score (nSPS) is 15.0. The van der Waals surface area contributed by atoms with Crippen molar-refractivity contribution in [1.82, 2.24) is 4.90 Å². The van der Waals surface area contributed by atoms with E-state index >= 15 is 0 Å². The number of aryl methyl sites for hydroxylation is 1. The molecule has 0 unspecified atom stereocenters.